The van der Waals surface area contributed by atoms with Crippen LogP contribution in [-0.2, 0) is 6.18 Å². The lowest BCUT2D eigenvalue weighted by Crippen LogP contribution is -2.21. The van der Waals surface area contributed by atoms with Crippen LogP contribution in [0, 0.1) is 6.92 Å². The van der Waals surface area contributed by atoms with E-state index in [-0.39, 0.29) is 11.2 Å². The number of pyridine rings is 1. The molecule has 0 unspecified atom stereocenters. The molecule has 2 aromatic rings. The molecule has 2 aromatic heterocycles. The predicted octanol–water partition coefficient (Wildman–Crippen LogP) is 2.02. The van der Waals surface area contributed by atoms with Gasteiger partial charge >= 0.3 is 6.18 Å². The first-order valence-electron chi connectivity index (χ1n) is 4.45. The number of aromatic nitrogens is 2. The fraction of sp³-hybridized carbons (Fsp3) is 0.200. The van der Waals surface area contributed by atoms with Crippen molar-refractivity contribution in [3.8, 4) is 0 Å². The zero-order valence-electron chi connectivity index (χ0n) is 8.25. The van der Waals surface area contributed by atoms with Crippen LogP contribution in [0.4, 0.5) is 13.2 Å². The van der Waals surface area contributed by atoms with E-state index >= 15 is 0 Å². The largest absolute Gasteiger partial charge is 0.432 e. The Bertz CT molecular complexity index is 601. The summed E-state index contributed by atoms with van der Waals surface area (Å²) in [6, 6.07) is 2.47. The average molecular weight is 228 g/mol. The highest BCUT2D eigenvalue weighted by molar-refractivity contribution is 5.43. The molecule has 0 bridgehead atoms. The van der Waals surface area contributed by atoms with Crippen LogP contribution in [0.25, 0.3) is 5.65 Å². The highest BCUT2D eigenvalue weighted by atomic mass is 19.4. The van der Waals surface area contributed by atoms with Gasteiger partial charge in [-0.3, -0.25) is 9.20 Å². The van der Waals surface area contributed by atoms with Crippen molar-refractivity contribution in [3.63, 3.8) is 0 Å². The molecule has 0 saturated heterocycles. The van der Waals surface area contributed by atoms with Crippen molar-refractivity contribution in [2.75, 3.05) is 0 Å². The average Bonchev–Trinajstić information content (AvgIpc) is 2.17. The topological polar surface area (TPSA) is 34.4 Å². The van der Waals surface area contributed by atoms with E-state index in [0.717, 1.165) is 17.4 Å². The van der Waals surface area contributed by atoms with E-state index in [9.17, 15) is 18.0 Å². The lowest BCUT2D eigenvalue weighted by Gasteiger charge is -2.13. The van der Waals surface area contributed by atoms with Gasteiger partial charge in [0.15, 0.2) is 5.43 Å². The minimum atomic E-state index is -4.57. The van der Waals surface area contributed by atoms with Crippen molar-refractivity contribution in [2.45, 2.75) is 13.1 Å². The van der Waals surface area contributed by atoms with Gasteiger partial charge in [0.25, 0.3) is 0 Å². The normalized spacial score (nSPS) is 12.0. The van der Waals surface area contributed by atoms with Gasteiger partial charge in [0.05, 0.1) is 0 Å². The smallest absolute Gasteiger partial charge is 0.297 e. The Hall–Kier alpha value is -1.85. The van der Waals surface area contributed by atoms with Gasteiger partial charge in [-0.1, -0.05) is 0 Å². The Kier molecular flexibility index (Phi) is 2.22. The van der Waals surface area contributed by atoms with Crippen molar-refractivity contribution >= 4 is 5.65 Å². The Labute approximate surface area is 88.2 Å². The molecule has 0 atom stereocenters. The number of hydrogen-bond acceptors (Lipinski definition) is 2. The second-order valence-corrected chi connectivity index (χ2v) is 3.33. The summed E-state index contributed by atoms with van der Waals surface area (Å²) in [5, 5.41) is 0. The molecule has 0 aliphatic heterocycles. The molecule has 3 nitrogen and oxygen atoms in total. The van der Waals surface area contributed by atoms with Crippen LogP contribution in [0.2, 0.25) is 0 Å². The van der Waals surface area contributed by atoms with Crippen LogP contribution >= 0.6 is 0 Å². The summed E-state index contributed by atoms with van der Waals surface area (Å²) >= 11 is 0. The first-order valence-corrected chi connectivity index (χ1v) is 4.45. The first kappa shape index (κ1) is 10.7. The third-order valence-electron chi connectivity index (χ3n) is 2.27. The van der Waals surface area contributed by atoms with Crippen LogP contribution in [-0.4, -0.2) is 9.38 Å². The first-order chi connectivity index (χ1) is 7.41. The molecular formula is C10H7F3N2O. The van der Waals surface area contributed by atoms with Gasteiger partial charge in [-0.05, 0) is 13.0 Å². The molecule has 0 aromatic carbocycles. The second-order valence-electron chi connectivity index (χ2n) is 3.33. The molecule has 6 heteroatoms. The summed E-state index contributed by atoms with van der Waals surface area (Å²) in [7, 11) is 0. The summed E-state index contributed by atoms with van der Waals surface area (Å²) in [5.41, 5.74) is -1.96. The second kappa shape index (κ2) is 3.33. The van der Waals surface area contributed by atoms with E-state index < -0.39 is 17.3 Å². The molecule has 2 rings (SSSR count). The van der Waals surface area contributed by atoms with E-state index in [1.807, 2.05) is 0 Å². The third kappa shape index (κ3) is 1.56. The Morgan fingerprint density at radius 2 is 2.06 bits per heavy atom. The van der Waals surface area contributed by atoms with Crippen LogP contribution in [0.5, 0.6) is 0 Å². The molecule has 2 heterocycles. The minimum absolute atomic E-state index is 0.00887. The molecule has 0 aliphatic rings. The molecule has 0 spiro atoms. The number of rotatable bonds is 0. The van der Waals surface area contributed by atoms with Crippen LogP contribution in [0.1, 0.15) is 11.3 Å². The maximum Gasteiger partial charge on any atom is 0.432 e. The predicted molar refractivity (Wildman–Crippen MR) is 51.2 cm³/mol. The molecule has 84 valence electrons. The van der Waals surface area contributed by atoms with Crippen molar-refractivity contribution in [3.05, 3.63) is 46.0 Å². The molecule has 0 amide bonds. The van der Waals surface area contributed by atoms with Gasteiger partial charge in [0, 0.05) is 24.0 Å². The Balaban J connectivity index is 2.99. The van der Waals surface area contributed by atoms with E-state index in [4.69, 9.17) is 0 Å². The summed E-state index contributed by atoms with van der Waals surface area (Å²) in [4.78, 5) is 15.1. The summed E-state index contributed by atoms with van der Waals surface area (Å²) in [6.45, 7) is 1.16. The standard InChI is InChI=1S/C10H7F3N2O/c1-6-7(16)5-8-14-3-2-4-15(8)9(6)10(11,12)13/h2-5H,1H3. The number of nitrogens with zero attached hydrogens (tertiary/aromatic N) is 2. The highest BCUT2D eigenvalue weighted by Crippen LogP contribution is 2.30. The van der Waals surface area contributed by atoms with Gasteiger partial charge in [-0.25, -0.2) is 4.98 Å². The van der Waals surface area contributed by atoms with Crippen LogP contribution in [0.3, 0.4) is 0 Å². The van der Waals surface area contributed by atoms with Gasteiger partial charge in [-0.2, -0.15) is 13.2 Å². The lowest BCUT2D eigenvalue weighted by atomic mass is 10.2. The maximum absolute atomic E-state index is 12.8. The highest BCUT2D eigenvalue weighted by Gasteiger charge is 2.36. The SMILES string of the molecule is Cc1c(C(F)(F)F)n2cccnc2cc1=O. The van der Waals surface area contributed by atoms with E-state index in [1.165, 1.54) is 18.5 Å². The Morgan fingerprint density at radius 3 is 2.69 bits per heavy atom. The van der Waals surface area contributed by atoms with Crippen LogP contribution < -0.4 is 5.43 Å². The Morgan fingerprint density at radius 1 is 1.38 bits per heavy atom. The zero-order valence-corrected chi connectivity index (χ0v) is 8.25. The van der Waals surface area contributed by atoms with Gasteiger partial charge < -0.3 is 0 Å². The lowest BCUT2D eigenvalue weighted by molar-refractivity contribution is -0.142. The summed E-state index contributed by atoms with van der Waals surface area (Å²) in [5.74, 6) is 0. The third-order valence-corrected chi connectivity index (χ3v) is 2.27. The molecule has 0 radical (unpaired) electrons. The van der Waals surface area contributed by atoms with Gasteiger partial charge in [0.2, 0.25) is 0 Å². The number of halogens is 3. The monoisotopic (exact) mass is 228 g/mol. The molecular weight excluding hydrogens is 221 g/mol. The minimum Gasteiger partial charge on any atom is -0.297 e. The van der Waals surface area contributed by atoms with Gasteiger partial charge in [0.1, 0.15) is 11.3 Å². The fourth-order valence-electron chi connectivity index (χ4n) is 1.55. The molecule has 0 fully saturated rings. The molecule has 16 heavy (non-hydrogen) atoms. The van der Waals surface area contributed by atoms with Gasteiger partial charge in [-0.15, -0.1) is 0 Å². The van der Waals surface area contributed by atoms with E-state index in [1.54, 1.807) is 0 Å². The quantitative estimate of drug-likeness (QED) is 0.691. The molecule has 0 saturated carbocycles. The molecule has 0 N–H and O–H groups in total. The van der Waals surface area contributed by atoms with Crippen molar-refractivity contribution in [1.29, 1.82) is 0 Å². The summed E-state index contributed by atoms with van der Waals surface area (Å²) < 4.78 is 39.2. The van der Waals surface area contributed by atoms with E-state index in [2.05, 4.69) is 4.98 Å². The maximum atomic E-state index is 12.8. The van der Waals surface area contributed by atoms with Crippen molar-refractivity contribution in [2.24, 2.45) is 0 Å². The van der Waals surface area contributed by atoms with Crippen LogP contribution in [0.15, 0.2) is 29.3 Å². The van der Waals surface area contributed by atoms with Crippen molar-refractivity contribution in [1.82, 2.24) is 9.38 Å². The van der Waals surface area contributed by atoms with Crippen molar-refractivity contribution < 1.29 is 13.2 Å². The fourth-order valence-corrected chi connectivity index (χ4v) is 1.55. The number of hydrogen-bond donors (Lipinski definition) is 0. The molecule has 0 aliphatic carbocycles. The van der Waals surface area contributed by atoms with E-state index in [0.29, 0.717) is 0 Å². The summed E-state index contributed by atoms with van der Waals surface area (Å²) in [6.07, 6.45) is -2.00. The zero-order chi connectivity index (χ0) is 11.9. The number of alkyl halides is 3. The number of fused-ring (bicyclic) bond motifs is 1.